The number of nitrogens with zero attached hydrogens (tertiary/aromatic N) is 2. The van der Waals surface area contributed by atoms with Gasteiger partial charge < -0.3 is 20.4 Å². The van der Waals surface area contributed by atoms with E-state index in [1.165, 1.54) is 12.8 Å². The molecule has 2 amide bonds. The Hall–Kier alpha value is -1.92. The second-order valence-electron chi connectivity index (χ2n) is 6.75. The minimum absolute atomic E-state index is 0.0190. The maximum Gasteiger partial charge on any atom is 0.238 e. The second kappa shape index (κ2) is 8.80. The number of hydrogen-bond acceptors (Lipinski definition) is 4. The number of hydrogen-bond donors (Lipinski definition) is 2. The van der Waals surface area contributed by atoms with Crippen molar-refractivity contribution in [1.82, 2.24) is 9.80 Å². The first kappa shape index (κ1) is 18.4. The van der Waals surface area contributed by atoms with Gasteiger partial charge in [0, 0.05) is 23.8 Å². The third kappa shape index (κ3) is 5.94. The molecule has 1 saturated heterocycles. The highest BCUT2D eigenvalue weighted by Gasteiger charge is 2.21. The number of likely N-dealkylation sites (tertiary alicyclic amines) is 1. The molecule has 1 unspecified atom stereocenters. The van der Waals surface area contributed by atoms with Crippen molar-refractivity contribution >= 4 is 23.2 Å². The predicted octanol–water partition coefficient (Wildman–Crippen LogP) is 2.00. The van der Waals surface area contributed by atoms with Crippen molar-refractivity contribution in [2.75, 3.05) is 44.9 Å². The molecule has 132 valence electrons. The number of rotatable bonds is 6. The fourth-order valence-corrected chi connectivity index (χ4v) is 2.99. The lowest BCUT2D eigenvalue weighted by atomic mass is 10.00. The van der Waals surface area contributed by atoms with Crippen LogP contribution in [0.5, 0.6) is 0 Å². The summed E-state index contributed by atoms with van der Waals surface area (Å²) >= 11 is 0. The van der Waals surface area contributed by atoms with Crippen molar-refractivity contribution in [2.24, 2.45) is 0 Å². The van der Waals surface area contributed by atoms with E-state index in [1.54, 1.807) is 6.07 Å². The van der Waals surface area contributed by atoms with E-state index in [1.807, 2.05) is 37.2 Å². The first-order valence-corrected chi connectivity index (χ1v) is 8.49. The Bertz CT molecular complexity index is 574. The standard InChI is InChI=1S/C18H28N4O2/c1-21(2)13-18(24)20-15-8-6-7-14(11-15)19-17(23)12-16-9-4-5-10-22(16)3/h6-8,11,16H,4-5,9-10,12-13H2,1-3H3,(H,19,23)(H,20,24). The van der Waals surface area contributed by atoms with Gasteiger partial charge in [-0.3, -0.25) is 9.59 Å². The highest BCUT2D eigenvalue weighted by atomic mass is 16.2. The van der Waals surface area contributed by atoms with Crippen LogP contribution in [-0.4, -0.2) is 61.9 Å². The Balaban J connectivity index is 1.89. The van der Waals surface area contributed by atoms with Crippen LogP contribution in [0.25, 0.3) is 0 Å². The van der Waals surface area contributed by atoms with Crippen LogP contribution in [-0.2, 0) is 9.59 Å². The molecule has 0 saturated carbocycles. The number of carbonyl (C=O) groups is 2. The van der Waals surface area contributed by atoms with Crippen LogP contribution in [0.2, 0.25) is 0 Å². The summed E-state index contributed by atoms with van der Waals surface area (Å²) in [5.74, 6) is -0.0576. The zero-order valence-electron chi connectivity index (χ0n) is 14.8. The average molecular weight is 332 g/mol. The molecule has 1 aliphatic heterocycles. The molecule has 1 atom stereocenters. The molecular formula is C18H28N4O2. The topological polar surface area (TPSA) is 64.7 Å². The average Bonchev–Trinajstić information content (AvgIpc) is 2.49. The lowest BCUT2D eigenvalue weighted by Gasteiger charge is -2.31. The van der Waals surface area contributed by atoms with Gasteiger partial charge in [0.15, 0.2) is 0 Å². The van der Waals surface area contributed by atoms with Crippen LogP contribution >= 0.6 is 0 Å². The van der Waals surface area contributed by atoms with E-state index >= 15 is 0 Å². The molecule has 1 aromatic carbocycles. The van der Waals surface area contributed by atoms with Crippen molar-refractivity contribution in [2.45, 2.75) is 31.7 Å². The Labute approximate surface area is 144 Å². The van der Waals surface area contributed by atoms with Crippen LogP contribution in [0.3, 0.4) is 0 Å². The summed E-state index contributed by atoms with van der Waals surface area (Å²) in [6, 6.07) is 7.59. The van der Waals surface area contributed by atoms with Crippen molar-refractivity contribution in [3.63, 3.8) is 0 Å². The summed E-state index contributed by atoms with van der Waals surface area (Å²) in [6.45, 7) is 1.38. The van der Waals surface area contributed by atoms with Gasteiger partial charge in [0.05, 0.1) is 6.54 Å². The molecule has 0 bridgehead atoms. The summed E-state index contributed by atoms with van der Waals surface area (Å²) in [6.07, 6.45) is 3.98. The van der Waals surface area contributed by atoms with Crippen molar-refractivity contribution in [3.8, 4) is 0 Å². The minimum Gasteiger partial charge on any atom is -0.326 e. The van der Waals surface area contributed by atoms with Gasteiger partial charge in [-0.25, -0.2) is 0 Å². The Morgan fingerprint density at radius 3 is 2.46 bits per heavy atom. The monoisotopic (exact) mass is 332 g/mol. The summed E-state index contributed by atoms with van der Waals surface area (Å²) in [7, 11) is 5.77. The SMILES string of the molecule is CN(C)CC(=O)Nc1cccc(NC(=O)CC2CCCCN2C)c1. The number of amides is 2. The molecule has 24 heavy (non-hydrogen) atoms. The van der Waals surface area contributed by atoms with E-state index in [0.29, 0.717) is 30.4 Å². The van der Waals surface area contributed by atoms with Crippen LogP contribution in [0.4, 0.5) is 11.4 Å². The van der Waals surface area contributed by atoms with Crippen LogP contribution in [0.1, 0.15) is 25.7 Å². The summed E-state index contributed by atoms with van der Waals surface area (Å²) < 4.78 is 0. The van der Waals surface area contributed by atoms with Crippen LogP contribution in [0.15, 0.2) is 24.3 Å². The number of benzene rings is 1. The molecule has 2 N–H and O–H groups in total. The van der Waals surface area contributed by atoms with Gasteiger partial charge in [0.25, 0.3) is 0 Å². The molecule has 6 nitrogen and oxygen atoms in total. The van der Waals surface area contributed by atoms with Gasteiger partial charge in [-0.15, -0.1) is 0 Å². The first-order valence-electron chi connectivity index (χ1n) is 8.49. The lowest BCUT2D eigenvalue weighted by molar-refractivity contribution is -0.118. The van der Waals surface area contributed by atoms with Crippen LogP contribution < -0.4 is 10.6 Å². The zero-order chi connectivity index (χ0) is 17.5. The molecule has 2 rings (SSSR count). The number of nitrogens with one attached hydrogen (secondary N) is 2. The van der Waals surface area contributed by atoms with Crippen LogP contribution in [0, 0.1) is 0 Å². The normalized spacial score (nSPS) is 18.4. The Kier molecular flexibility index (Phi) is 6.75. The number of likely N-dealkylation sites (N-methyl/N-ethyl adjacent to an activating group) is 1. The largest absolute Gasteiger partial charge is 0.326 e. The number of anilines is 2. The second-order valence-corrected chi connectivity index (χ2v) is 6.75. The number of carbonyl (C=O) groups excluding carboxylic acids is 2. The molecule has 0 aliphatic carbocycles. The minimum atomic E-state index is -0.0766. The smallest absolute Gasteiger partial charge is 0.238 e. The van der Waals surface area contributed by atoms with E-state index in [4.69, 9.17) is 0 Å². The Morgan fingerprint density at radius 1 is 1.17 bits per heavy atom. The highest BCUT2D eigenvalue weighted by molar-refractivity contribution is 5.94. The fourth-order valence-electron chi connectivity index (χ4n) is 2.99. The highest BCUT2D eigenvalue weighted by Crippen LogP contribution is 2.19. The van der Waals surface area contributed by atoms with Crippen molar-refractivity contribution in [3.05, 3.63) is 24.3 Å². The van der Waals surface area contributed by atoms with Crippen molar-refractivity contribution in [1.29, 1.82) is 0 Å². The quantitative estimate of drug-likeness (QED) is 0.836. The van der Waals surface area contributed by atoms with Crippen molar-refractivity contribution < 1.29 is 9.59 Å². The van der Waals surface area contributed by atoms with E-state index in [9.17, 15) is 9.59 Å². The lowest BCUT2D eigenvalue weighted by Crippen LogP contribution is -2.38. The molecule has 1 heterocycles. The third-order valence-corrected chi connectivity index (χ3v) is 4.23. The van der Waals surface area contributed by atoms with Gasteiger partial charge in [0.2, 0.25) is 11.8 Å². The van der Waals surface area contributed by atoms with Gasteiger partial charge in [-0.05, 0) is 58.7 Å². The molecule has 0 radical (unpaired) electrons. The molecule has 1 aromatic rings. The summed E-state index contributed by atoms with van der Waals surface area (Å²) in [4.78, 5) is 28.2. The predicted molar refractivity (Wildman–Crippen MR) is 97.1 cm³/mol. The first-order chi connectivity index (χ1) is 11.4. The summed E-state index contributed by atoms with van der Waals surface area (Å²) in [5.41, 5.74) is 1.40. The molecular weight excluding hydrogens is 304 g/mol. The van der Waals surface area contributed by atoms with E-state index in [2.05, 4.69) is 22.6 Å². The fraction of sp³-hybridized carbons (Fsp3) is 0.556. The van der Waals surface area contributed by atoms with E-state index < -0.39 is 0 Å². The van der Waals surface area contributed by atoms with Gasteiger partial charge >= 0.3 is 0 Å². The zero-order valence-corrected chi connectivity index (χ0v) is 14.8. The molecule has 1 fully saturated rings. The molecule has 0 aromatic heterocycles. The maximum atomic E-state index is 12.3. The van der Waals surface area contributed by atoms with E-state index in [-0.39, 0.29) is 11.8 Å². The van der Waals surface area contributed by atoms with Gasteiger partial charge in [-0.1, -0.05) is 12.5 Å². The molecule has 0 spiro atoms. The molecule has 6 heteroatoms. The summed E-state index contributed by atoms with van der Waals surface area (Å²) in [5, 5.41) is 5.77. The van der Waals surface area contributed by atoms with Gasteiger partial charge in [-0.2, -0.15) is 0 Å². The third-order valence-electron chi connectivity index (χ3n) is 4.23. The number of piperidine rings is 1. The molecule has 1 aliphatic rings. The van der Waals surface area contributed by atoms with Gasteiger partial charge in [0.1, 0.15) is 0 Å². The maximum absolute atomic E-state index is 12.3. The Morgan fingerprint density at radius 2 is 1.83 bits per heavy atom. The van der Waals surface area contributed by atoms with E-state index in [0.717, 1.165) is 13.0 Å².